The van der Waals surface area contributed by atoms with Gasteiger partial charge in [-0.05, 0) is 23.8 Å². The molecule has 0 saturated heterocycles. The quantitative estimate of drug-likeness (QED) is 0.570. The van der Waals surface area contributed by atoms with Crippen LogP contribution < -0.4 is 5.32 Å². The lowest BCUT2D eigenvalue weighted by Crippen LogP contribution is -2.23. The van der Waals surface area contributed by atoms with Gasteiger partial charge in [0.15, 0.2) is 0 Å². The largest absolute Gasteiger partial charge is 0.347 e. The van der Waals surface area contributed by atoms with Crippen LogP contribution in [0, 0.1) is 11.3 Å². The van der Waals surface area contributed by atoms with Crippen LogP contribution in [0.25, 0.3) is 17.3 Å². The van der Waals surface area contributed by atoms with Crippen LogP contribution in [-0.2, 0) is 18.4 Å². The van der Waals surface area contributed by atoms with E-state index in [1.807, 2.05) is 48.5 Å². The minimum atomic E-state index is -0.416. The van der Waals surface area contributed by atoms with Gasteiger partial charge in [-0.3, -0.25) is 14.5 Å². The lowest BCUT2D eigenvalue weighted by atomic mass is 10.1. The van der Waals surface area contributed by atoms with E-state index in [0.717, 1.165) is 11.1 Å². The Morgan fingerprint density at radius 3 is 2.65 bits per heavy atom. The molecule has 2 aromatic heterocycles. The van der Waals surface area contributed by atoms with Crippen molar-refractivity contribution in [3.05, 3.63) is 77.8 Å². The predicted molar refractivity (Wildman–Crippen MR) is 98.3 cm³/mol. The summed E-state index contributed by atoms with van der Waals surface area (Å²) in [6.07, 6.45) is 6.69. The Kier molecular flexibility index (Phi) is 5.20. The molecule has 26 heavy (non-hydrogen) atoms. The van der Waals surface area contributed by atoms with E-state index in [-0.39, 0.29) is 5.57 Å². The first kappa shape index (κ1) is 17.1. The first-order valence-corrected chi connectivity index (χ1v) is 8.05. The first-order valence-electron chi connectivity index (χ1n) is 8.05. The van der Waals surface area contributed by atoms with E-state index in [0.29, 0.717) is 17.8 Å². The van der Waals surface area contributed by atoms with Gasteiger partial charge in [0.25, 0.3) is 5.91 Å². The van der Waals surface area contributed by atoms with Gasteiger partial charge in [0, 0.05) is 43.3 Å². The minimum absolute atomic E-state index is 0.0317. The Labute approximate surface area is 151 Å². The number of hydrogen-bond donors (Lipinski definition) is 1. The molecule has 6 nitrogen and oxygen atoms in total. The van der Waals surface area contributed by atoms with E-state index >= 15 is 0 Å². The van der Waals surface area contributed by atoms with Gasteiger partial charge in [-0.2, -0.15) is 10.4 Å². The predicted octanol–water partition coefficient (Wildman–Crippen LogP) is 2.71. The standard InChI is InChI=1S/C20H17N5O/c1-25-14-18(19(24-25)16-7-9-22-10-8-16)11-17(12-21)20(26)23-13-15-5-3-2-4-6-15/h2-11,14H,13H2,1H3,(H,23,26). The lowest BCUT2D eigenvalue weighted by Gasteiger charge is -2.04. The third-order valence-electron chi connectivity index (χ3n) is 3.77. The average molecular weight is 343 g/mol. The molecule has 0 unspecified atom stereocenters. The van der Waals surface area contributed by atoms with E-state index < -0.39 is 5.91 Å². The Morgan fingerprint density at radius 1 is 1.23 bits per heavy atom. The highest BCUT2D eigenvalue weighted by Crippen LogP contribution is 2.23. The monoisotopic (exact) mass is 343 g/mol. The molecule has 6 heteroatoms. The maximum Gasteiger partial charge on any atom is 0.262 e. The molecule has 0 aliphatic carbocycles. The van der Waals surface area contributed by atoms with Gasteiger partial charge in [0.2, 0.25) is 0 Å². The summed E-state index contributed by atoms with van der Waals surface area (Å²) in [6.45, 7) is 0.364. The van der Waals surface area contributed by atoms with Gasteiger partial charge in [-0.15, -0.1) is 0 Å². The molecule has 0 aliphatic rings. The molecule has 0 radical (unpaired) electrons. The van der Waals surface area contributed by atoms with Crippen molar-refractivity contribution in [1.29, 1.82) is 5.26 Å². The van der Waals surface area contributed by atoms with Crippen LogP contribution in [0.3, 0.4) is 0 Å². The van der Waals surface area contributed by atoms with Crippen LogP contribution in [0.2, 0.25) is 0 Å². The zero-order chi connectivity index (χ0) is 18.4. The van der Waals surface area contributed by atoms with Gasteiger partial charge >= 0.3 is 0 Å². The second kappa shape index (κ2) is 7.90. The summed E-state index contributed by atoms with van der Waals surface area (Å²) in [5, 5.41) is 16.6. The lowest BCUT2D eigenvalue weighted by molar-refractivity contribution is -0.117. The SMILES string of the molecule is Cn1cc(C=C(C#N)C(=O)NCc2ccccc2)c(-c2ccncc2)n1. The molecular formula is C20H17N5O. The van der Waals surface area contributed by atoms with Crippen LogP contribution in [-0.4, -0.2) is 20.7 Å². The van der Waals surface area contributed by atoms with Crippen LogP contribution >= 0.6 is 0 Å². The zero-order valence-corrected chi connectivity index (χ0v) is 14.3. The molecule has 0 spiro atoms. The average Bonchev–Trinajstić information content (AvgIpc) is 3.06. The van der Waals surface area contributed by atoms with Crippen molar-refractivity contribution in [3.8, 4) is 17.3 Å². The number of carbonyl (C=O) groups is 1. The Balaban J connectivity index is 1.83. The summed E-state index contributed by atoms with van der Waals surface area (Å²) in [5.41, 5.74) is 3.26. The van der Waals surface area contributed by atoms with Gasteiger partial charge in [0.1, 0.15) is 11.6 Å². The molecule has 0 aliphatic heterocycles. The number of amides is 1. The van der Waals surface area contributed by atoms with Crippen molar-refractivity contribution >= 4 is 12.0 Å². The molecule has 0 saturated carbocycles. The third-order valence-corrected chi connectivity index (χ3v) is 3.77. The van der Waals surface area contributed by atoms with Crippen LogP contribution in [0.15, 0.2) is 66.6 Å². The number of rotatable bonds is 5. The summed E-state index contributed by atoms with van der Waals surface area (Å²) in [6, 6.07) is 15.2. The van der Waals surface area contributed by atoms with Crippen LogP contribution in [0.4, 0.5) is 0 Å². The molecular weight excluding hydrogens is 326 g/mol. The first-order chi connectivity index (χ1) is 12.7. The summed E-state index contributed by atoms with van der Waals surface area (Å²) >= 11 is 0. The van der Waals surface area contributed by atoms with Gasteiger partial charge in [-0.25, -0.2) is 0 Å². The topological polar surface area (TPSA) is 83.6 Å². The van der Waals surface area contributed by atoms with Crippen molar-refractivity contribution in [2.75, 3.05) is 0 Å². The Hall–Kier alpha value is -3.72. The highest BCUT2D eigenvalue weighted by atomic mass is 16.1. The molecule has 1 amide bonds. The number of nitriles is 1. The molecule has 0 atom stereocenters. The van der Waals surface area contributed by atoms with E-state index in [4.69, 9.17) is 0 Å². The van der Waals surface area contributed by atoms with Crippen molar-refractivity contribution < 1.29 is 4.79 Å². The summed E-state index contributed by atoms with van der Waals surface area (Å²) in [5.74, 6) is -0.416. The second-order valence-corrected chi connectivity index (χ2v) is 5.68. The number of carbonyl (C=O) groups excluding carboxylic acids is 1. The molecule has 1 aromatic carbocycles. The number of pyridine rings is 1. The van der Waals surface area contributed by atoms with Gasteiger partial charge in [-0.1, -0.05) is 30.3 Å². The fourth-order valence-corrected chi connectivity index (χ4v) is 2.52. The number of nitrogens with zero attached hydrogens (tertiary/aromatic N) is 4. The maximum atomic E-state index is 12.4. The highest BCUT2D eigenvalue weighted by molar-refractivity contribution is 6.02. The number of nitrogens with one attached hydrogen (secondary N) is 1. The summed E-state index contributed by atoms with van der Waals surface area (Å²) < 4.78 is 1.65. The smallest absolute Gasteiger partial charge is 0.262 e. The third kappa shape index (κ3) is 4.02. The zero-order valence-electron chi connectivity index (χ0n) is 14.3. The maximum absolute atomic E-state index is 12.4. The Bertz CT molecular complexity index is 968. The number of benzene rings is 1. The molecule has 0 fully saturated rings. The summed E-state index contributed by atoms with van der Waals surface area (Å²) in [4.78, 5) is 16.4. The van der Waals surface area contributed by atoms with Gasteiger partial charge < -0.3 is 5.32 Å². The normalized spacial score (nSPS) is 11.0. The fourth-order valence-electron chi connectivity index (χ4n) is 2.52. The molecule has 0 bridgehead atoms. The van der Waals surface area contributed by atoms with Crippen molar-refractivity contribution in [1.82, 2.24) is 20.1 Å². The highest BCUT2D eigenvalue weighted by Gasteiger charge is 2.13. The van der Waals surface area contributed by atoms with E-state index in [1.54, 1.807) is 36.4 Å². The van der Waals surface area contributed by atoms with Crippen molar-refractivity contribution in [3.63, 3.8) is 0 Å². The van der Waals surface area contributed by atoms with Crippen LogP contribution in [0.1, 0.15) is 11.1 Å². The number of aromatic nitrogens is 3. The second-order valence-electron chi connectivity index (χ2n) is 5.68. The molecule has 1 N–H and O–H groups in total. The molecule has 3 aromatic rings. The van der Waals surface area contributed by atoms with E-state index in [2.05, 4.69) is 15.4 Å². The summed E-state index contributed by atoms with van der Waals surface area (Å²) in [7, 11) is 1.80. The fraction of sp³-hybridized carbons (Fsp3) is 0.100. The van der Waals surface area contributed by atoms with E-state index in [9.17, 15) is 10.1 Å². The minimum Gasteiger partial charge on any atom is -0.347 e. The Morgan fingerprint density at radius 2 is 1.96 bits per heavy atom. The molecule has 128 valence electrons. The number of aryl methyl sites for hydroxylation is 1. The van der Waals surface area contributed by atoms with Crippen molar-refractivity contribution in [2.45, 2.75) is 6.54 Å². The van der Waals surface area contributed by atoms with Crippen molar-refractivity contribution in [2.24, 2.45) is 7.05 Å². The molecule has 2 heterocycles. The van der Waals surface area contributed by atoms with Crippen LogP contribution in [0.5, 0.6) is 0 Å². The number of hydrogen-bond acceptors (Lipinski definition) is 4. The van der Waals surface area contributed by atoms with Gasteiger partial charge in [0.05, 0.1) is 5.69 Å². The molecule has 3 rings (SSSR count). The van der Waals surface area contributed by atoms with E-state index in [1.165, 1.54) is 0 Å².